The van der Waals surface area contributed by atoms with Crippen molar-refractivity contribution in [2.24, 2.45) is 0 Å². The van der Waals surface area contributed by atoms with Crippen LogP contribution in [0.4, 0.5) is 0 Å². The average molecular weight is 379 g/mol. The Bertz CT molecular complexity index is 938. The number of rotatable bonds is 8. The summed E-state index contributed by atoms with van der Waals surface area (Å²) in [6, 6.07) is 17.0. The minimum absolute atomic E-state index is 0.0516. The molecule has 0 radical (unpaired) electrons. The monoisotopic (exact) mass is 379 g/mol. The second-order valence-corrected chi connectivity index (χ2v) is 6.09. The summed E-state index contributed by atoms with van der Waals surface area (Å²) in [5.41, 5.74) is 2.51. The van der Waals surface area contributed by atoms with Gasteiger partial charge in [-0.3, -0.25) is 9.59 Å². The van der Waals surface area contributed by atoms with E-state index in [9.17, 15) is 9.59 Å². The Morgan fingerprint density at radius 3 is 2.68 bits per heavy atom. The van der Waals surface area contributed by atoms with Crippen LogP contribution >= 0.6 is 0 Å². The van der Waals surface area contributed by atoms with Crippen molar-refractivity contribution in [2.75, 3.05) is 13.7 Å². The number of carbonyl (C=O) groups is 2. The van der Waals surface area contributed by atoms with E-state index in [2.05, 4.69) is 10.4 Å². The molecule has 0 aliphatic heterocycles. The zero-order chi connectivity index (χ0) is 19.8. The Kier molecular flexibility index (Phi) is 6.41. The number of para-hydroxylation sites is 1. The van der Waals surface area contributed by atoms with E-state index in [0.29, 0.717) is 17.9 Å². The van der Waals surface area contributed by atoms with E-state index in [1.807, 2.05) is 54.6 Å². The maximum Gasteiger partial charge on any atom is 0.310 e. The van der Waals surface area contributed by atoms with Crippen LogP contribution in [0.25, 0.3) is 5.69 Å². The second kappa shape index (κ2) is 9.36. The number of benzene rings is 2. The molecule has 0 aliphatic carbocycles. The van der Waals surface area contributed by atoms with Crippen LogP contribution in [-0.4, -0.2) is 35.4 Å². The molecule has 144 valence electrons. The number of aromatic nitrogens is 2. The topological polar surface area (TPSA) is 82.4 Å². The van der Waals surface area contributed by atoms with E-state index in [1.165, 1.54) is 0 Å². The summed E-state index contributed by atoms with van der Waals surface area (Å²) in [4.78, 5) is 23.8. The van der Waals surface area contributed by atoms with Gasteiger partial charge in [0.2, 0.25) is 0 Å². The molecule has 3 rings (SSSR count). The number of nitrogens with zero attached hydrogens (tertiary/aromatic N) is 2. The van der Waals surface area contributed by atoms with E-state index in [-0.39, 0.29) is 18.9 Å². The fourth-order valence-corrected chi connectivity index (χ4v) is 2.57. The zero-order valence-corrected chi connectivity index (χ0v) is 15.5. The van der Waals surface area contributed by atoms with Gasteiger partial charge >= 0.3 is 5.97 Å². The lowest BCUT2D eigenvalue weighted by Gasteiger charge is -2.07. The molecule has 0 saturated heterocycles. The molecule has 28 heavy (non-hydrogen) atoms. The highest BCUT2D eigenvalue weighted by atomic mass is 16.5. The number of methoxy groups -OCH3 is 1. The first-order chi connectivity index (χ1) is 13.6. The summed E-state index contributed by atoms with van der Waals surface area (Å²) >= 11 is 0. The molecule has 0 fully saturated rings. The summed E-state index contributed by atoms with van der Waals surface area (Å²) in [5, 5.41) is 6.94. The largest absolute Gasteiger partial charge is 0.497 e. The molecule has 7 heteroatoms. The fraction of sp³-hybridized carbons (Fsp3) is 0.190. The standard InChI is InChI=1S/C21H21N3O4/c1-27-19-9-5-6-16(10-19)12-22-20(25)15-28-21(26)11-17-13-23-24(14-17)18-7-3-2-4-8-18/h2-10,13-14H,11-12,15H2,1H3,(H,22,25). The van der Waals surface area contributed by atoms with Crippen molar-refractivity contribution in [1.82, 2.24) is 15.1 Å². The van der Waals surface area contributed by atoms with E-state index in [1.54, 1.807) is 24.2 Å². The molecular formula is C21H21N3O4. The number of nitrogens with one attached hydrogen (secondary N) is 1. The molecule has 7 nitrogen and oxygen atoms in total. The molecule has 0 saturated carbocycles. The number of hydrogen-bond acceptors (Lipinski definition) is 5. The molecule has 1 aromatic heterocycles. The zero-order valence-electron chi connectivity index (χ0n) is 15.5. The van der Waals surface area contributed by atoms with E-state index >= 15 is 0 Å². The second-order valence-electron chi connectivity index (χ2n) is 6.09. The molecule has 0 atom stereocenters. The Morgan fingerprint density at radius 1 is 1.07 bits per heavy atom. The molecule has 3 aromatic rings. The van der Waals surface area contributed by atoms with Crippen molar-refractivity contribution in [3.8, 4) is 11.4 Å². The number of hydrogen-bond donors (Lipinski definition) is 1. The van der Waals surface area contributed by atoms with Crippen molar-refractivity contribution >= 4 is 11.9 Å². The number of amides is 1. The Balaban J connectivity index is 1.42. The lowest BCUT2D eigenvalue weighted by molar-refractivity contribution is -0.147. The summed E-state index contributed by atoms with van der Waals surface area (Å²) in [7, 11) is 1.58. The maximum atomic E-state index is 12.0. The minimum atomic E-state index is -0.482. The van der Waals surface area contributed by atoms with Gasteiger partial charge in [0.25, 0.3) is 5.91 Å². The summed E-state index contributed by atoms with van der Waals surface area (Å²) in [5.74, 6) is -0.130. The molecule has 0 unspecified atom stereocenters. The Hall–Kier alpha value is -3.61. The first kappa shape index (κ1) is 19.2. The van der Waals surface area contributed by atoms with Crippen LogP contribution in [-0.2, 0) is 27.3 Å². The lowest BCUT2D eigenvalue weighted by atomic mass is 10.2. The molecular weight excluding hydrogens is 358 g/mol. The Labute approximate surface area is 162 Å². The smallest absolute Gasteiger partial charge is 0.310 e. The summed E-state index contributed by atoms with van der Waals surface area (Å²) < 4.78 is 11.9. The van der Waals surface area contributed by atoms with Gasteiger partial charge in [0, 0.05) is 18.3 Å². The van der Waals surface area contributed by atoms with Gasteiger partial charge in [-0.2, -0.15) is 5.10 Å². The number of esters is 1. The molecule has 0 bridgehead atoms. The van der Waals surface area contributed by atoms with Crippen molar-refractivity contribution in [1.29, 1.82) is 0 Å². The van der Waals surface area contributed by atoms with Crippen molar-refractivity contribution < 1.29 is 19.1 Å². The molecule has 1 N–H and O–H groups in total. The lowest BCUT2D eigenvalue weighted by Crippen LogP contribution is -2.28. The van der Waals surface area contributed by atoms with Crippen LogP contribution in [0.5, 0.6) is 5.75 Å². The van der Waals surface area contributed by atoms with Crippen molar-refractivity contribution in [2.45, 2.75) is 13.0 Å². The normalized spacial score (nSPS) is 10.3. The maximum absolute atomic E-state index is 12.0. The molecule has 2 aromatic carbocycles. The fourth-order valence-electron chi connectivity index (χ4n) is 2.57. The Morgan fingerprint density at radius 2 is 1.89 bits per heavy atom. The molecule has 0 spiro atoms. The van der Waals surface area contributed by atoms with Gasteiger partial charge in [-0.1, -0.05) is 30.3 Å². The van der Waals surface area contributed by atoms with E-state index < -0.39 is 5.97 Å². The van der Waals surface area contributed by atoms with E-state index in [0.717, 1.165) is 11.3 Å². The van der Waals surface area contributed by atoms with Gasteiger partial charge in [-0.05, 0) is 29.8 Å². The van der Waals surface area contributed by atoms with Crippen LogP contribution in [0, 0.1) is 0 Å². The minimum Gasteiger partial charge on any atom is -0.497 e. The third kappa shape index (κ3) is 5.44. The van der Waals surface area contributed by atoms with Crippen LogP contribution in [0.3, 0.4) is 0 Å². The van der Waals surface area contributed by atoms with Crippen LogP contribution in [0.1, 0.15) is 11.1 Å². The number of carbonyl (C=O) groups excluding carboxylic acids is 2. The highest BCUT2D eigenvalue weighted by molar-refractivity contribution is 5.81. The molecule has 1 amide bonds. The van der Waals surface area contributed by atoms with Gasteiger partial charge in [0.1, 0.15) is 5.75 Å². The summed E-state index contributed by atoms with van der Waals surface area (Å²) in [6.07, 6.45) is 3.42. The van der Waals surface area contributed by atoms with Gasteiger partial charge < -0.3 is 14.8 Å². The van der Waals surface area contributed by atoms with Gasteiger partial charge in [-0.15, -0.1) is 0 Å². The number of ether oxygens (including phenoxy) is 2. The van der Waals surface area contributed by atoms with Gasteiger partial charge in [0.15, 0.2) is 6.61 Å². The summed E-state index contributed by atoms with van der Waals surface area (Å²) in [6.45, 7) is 0.00700. The predicted molar refractivity (Wildman–Crippen MR) is 103 cm³/mol. The first-order valence-electron chi connectivity index (χ1n) is 8.78. The SMILES string of the molecule is COc1cccc(CNC(=O)COC(=O)Cc2cnn(-c3ccccc3)c2)c1. The van der Waals surface area contributed by atoms with Crippen molar-refractivity contribution in [3.63, 3.8) is 0 Å². The average Bonchev–Trinajstić information content (AvgIpc) is 3.20. The highest BCUT2D eigenvalue weighted by Crippen LogP contribution is 2.12. The third-order valence-electron chi connectivity index (χ3n) is 3.99. The van der Waals surface area contributed by atoms with Gasteiger partial charge in [-0.25, -0.2) is 4.68 Å². The van der Waals surface area contributed by atoms with Gasteiger partial charge in [0.05, 0.1) is 25.4 Å². The van der Waals surface area contributed by atoms with Crippen LogP contribution in [0.2, 0.25) is 0 Å². The van der Waals surface area contributed by atoms with Crippen molar-refractivity contribution in [3.05, 3.63) is 78.1 Å². The highest BCUT2D eigenvalue weighted by Gasteiger charge is 2.10. The predicted octanol–water partition coefficient (Wildman–Crippen LogP) is 2.28. The van der Waals surface area contributed by atoms with Crippen LogP contribution < -0.4 is 10.1 Å². The van der Waals surface area contributed by atoms with Crippen LogP contribution in [0.15, 0.2) is 67.0 Å². The first-order valence-corrected chi connectivity index (χ1v) is 8.78. The third-order valence-corrected chi connectivity index (χ3v) is 3.99. The quantitative estimate of drug-likeness (QED) is 0.607. The molecule has 0 aliphatic rings. The molecule has 1 heterocycles. The van der Waals surface area contributed by atoms with E-state index in [4.69, 9.17) is 9.47 Å².